The standard InChI is InChI=1S/C21H17ClN4O/c1-14-25-18-11-16(21(27)24-13-15-7-10-20(22)23-12-15)8-9-19(18)26(14)17-5-3-2-4-6-17/h2-12H,13H2,1H3,(H,24,27). The number of imidazole rings is 1. The highest BCUT2D eigenvalue weighted by Crippen LogP contribution is 2.22. The van der Waals surface area contributed by atoms with E-state index in [0.717, 1.165) is 28.1 Å². The third-order valence-corrected chi connectivity index (χ3v) is 4.56. The molecule has 0 aliphatic heterocycles. The van der Waals surface area contributed by atoms with Crippen molar-refractivity contribution in [2.45, 2.75) is 13.5 Å². The van der Waals surface area contributed by atoms with Gasteiger partial charge in [0, 0.05) is 24.0 Å². The Kier molecular flexibility index (Phi) is 4.60. The van der Waals surface area contributed by atoms with E-state index in [-0.39, 0.29) is 5.91 Å². The Morgan fingerprint density at radius 1 is 1.11 bits per heavy atom. The van der Waals surface area contributed by atoms with Gasteiger partial charge in [-0.1, -0.05) is 35.9 Å². The van der Waals surface area contributed by atoms with Crippen molar-refractivity contribution >= 4 is 28.5 Å². The molecule has 0 fully saturated rings. The van der Waals surface area contributed by atoms with Gasteiger partial charge in [-0.15, -0.1) is 0 Å². The van der Waals surface area contributed by atoms with Gasteiger partial charge in [-0.3, -0.25) is 9.36 Å². The Balaban J connectivity index is 1.58. The second-order valence-electron chi connectivity index (χ2n) is 6.21. The molecule has 0 atom stereocenters. The number of carbonyl (C=O) groups is 1. The number of nitrogens with one attached hydrogen (secondary N) is 1. The average molecular weight is 377 g/mol. The zero-order valence-electron chi connectivity index (χ0n) is 14.7. The number of hydrogen-bond acceptors (Lipinski definition) is 3. The highest BCUT2D eigenvalue weighted by Gasteiger charge is 2.12. The van der Waals surface area contributed by atoms with Gasteiger partial charge in [0.2, 0.25) is 0 Å². The second kappa shape index (κ2) is 7.21. The van der Waals surface area contributed by atoms with E-state index in [9.17, 15) is 4.79 Å². The van der Waals surface area contributed by atoms with Crippen LogP contribution in [0.4, 0.5) is 0 Å². The predicted molar refractivity (Wildman–Crippen MR) is 106 cm³/mol. The van der Waals surface area contributed by atoms with Crippen molar-refractivity contribution in [3.63, 3.8) is 0 Å². The van der Waals surface area contributed by atoms with Gasteiger partial charge in [0.15, 0.2) is 0 Å². The topological polar surface area (TPSA) is 59.8 Å². The van der Waals surface area contributed by atoms with Crippen LogP contribution in [0.15, 0.2) is 66.9 Å². The van der Waals surface area contributed by atoms with Gasteiger partial charge < -0.3 is 5.32 Å². The predicted octanol–water partition coefficient (Wildman–Crippen LogP) is 4.31. The summed E-state index contributed by atoms with van der Waals surface area (Å²) < 4.78 is 2.08. The van der Waals surface area contributed by atoms with Gasteiger partial charge >= 0.3 is 0 Å². The summed E-state index contributed by atoms with van der Waals surface area (Å²) >= 11 is 5.78. The van der Waals surface area contributed by atoms with Crippen molar-refractivity contribution in [3.05, 3.63) is 89.0 Å². The molecular weight excluding hydrogens is 360 g/mol. The number of carbonyl (C=O) groups excluding carboxylic acids is 1. The maximum absolute atomic E-state index is 12.5. The van der Waals surface area contributed by atoms with Crippen LogP contribution in [0.2, 0.25) is 5.15 Å². The summed E-state index contributed by atoms with van der Waals surface area (Å²) in [6.07, 6.45) is 1.65. The van der Waals surface area contributed by atoms with Crippen LogP contribution in [0, 0.1) is 6.92 Å². The summed E-state index contributed by atoms with van der Waals surface area (Å²) in [5.41, 5.74) is 4.26. The van der Waals surface area contributed by atoms with E-state index in [1.54, 1.807) is 12.3 Å². The summed E-state index contributed by atoms with van der Waals surface area (Å²) in [6, 6.07) is 19.1. The number of fused-ring (bicyclic) bond motifs is 1. The first kappa shape index (κ1) is 17.2. The summed E-state index contributed by atoms with van der Waals surface area (Å²) in [4.78, 5) is 21.1. The first-order valence-electron chi connectivity index (χ1n) is 8.55. The minimum atomic E-state index is -0.154. The SMILES string of the molecule is Cc1nc2cc(C(=O)NCc3ccc(Cl)nc3)ccc2n1-c1ccccc1. The highest BCUT2D eigenvalue weighted by molar-refractivity contribution is 6.29. The van der Waals surface area contributed by atoms with Crippen molar-refractivity contribution < 1.29 is 4.79 Å². The molecule has 0 bridgehead atoms. The molecule has 0 aliphatic carbocycles. The van der Waals surface area contributed by atoms with Crippen LogP contribution in [0.5, 0.6) is 0 Å². The number of para-hydroxylation sites is 1. The third kappa shape index (κ3) is 3.55. The molecule has 1 amide bonds. The molecule has 5 nitrogen and oxygen atoms in total. The lowest BCUT2D eigenvalue weighted by molar-refractivity contribution is 0.0951. The van der Waals surface area contributed by atoms with Crippen molar-refractivity contribution in [3.8, 4) is 5.69 Å². The molecule has 0 radical (unpaired) electrons. The van der Waals surface area contributed by atoms with Gasteiger partial charge in [-0.25, -0.2) is 9.97 Å². The summed E-state index contributed by atoms with van der Waals surface area (Å²) in [5.74, 6) is 0.722. The van der Waals surface area contributed by atoms with Gasteiger partial charge in [-0.2, -0.15) is 0 Å². The number of halogens is 1. The number of hydrogen-bond donors (Lipinski definition) is 1. The Morgan fingerprint density at radius 3 is 2.67 bits per heavy atom. The Morgan fingerprint density at radius 2 is 1.93 bits per heavy atom. The fourth-order valence-electron chi connectivity index (χ4n) is 3.04. The molecule has 0 aliphatic rings. The van der Waals surface area contributed by atoms with Crippen LogP contribution < -0.4 is 5.32 Å². The van der Waals surface area contributed by atoms with Crippen molar-refractivity contribution in [2.75, 3.05) is 0 Å². The number of rotatable bonds is 4. The van der Waals surface area contributed by atoms with E-state index in [0.29, 0.717) is 17.3 Å². The molecule has 0 saturated heterocycles. The van der Waals surface area contributed by atoms with Crippen LogP contribution in [0.3, 0.4) is 0 Å². The largest absolute Gasteiger partial charge is 0.348 e. The monoisotopic (exact) mass is 376 g/mol. The number of benzene rings is 2. The molecule has 1 N–H and O–H groups in total. The van der Waals surface area contributed by atoms with Crippen LogP contribution in [-0.2, 0) is 6.54 Å². The zero-order valence-corrected chi connectivity index (χ0v) is 15.4. The van der Waals surface area contributed by atoms with E-state index in [1.807, 2.05) is 61.5 Å². The fourth-order valence-corrected chi connectivity index (χ4v) is 3.15. The molecular formula is C21H17ClN4O. The third-order valence-electron chi connectivity index (χ3n) is 4.34. The van der Waals surface area contributed by atoms with Gasteiger partial charge in [0.1, 0.15) is 11.0 Å². The van der Waals surface area contributed by atoms with Crippen molar-refractivity contribution in [1.82, 2.24) is 19.9 Å². The quantitative estimate of drug-likeness (QED) is 0.540. The Hall–Kier alpha value is -3.18. The lowest BCUT2D eigenvalue weighted by Crippen LogP contribution is -2.22. The molecule has 2 aromatic carbocycles. The molecule has 2 aromatic heterocycles. The number of aryl methyl sites for hydroxylation is 1. The Bertz CT molecular complexity index is 1100. The summed E-state index contributed by atoms with van der Waals surface area (Å²) in [5, 5.41) is 3.33. The Labute approximate surface area is 161 Å². The lowest BCUT2D eigenvalue weighted by atomic mass is 10.1. The first-order chi connectivity index (χ1) is 13.1. The minimum absolute atomic E-state index is 0.154. The van der Waals surface area contributed by atoms with Crippen LogP contribution in [0.25, 0.3) is 16.7 Å². The molecule has 27 heavy (non-hydrogen) atoms. The highest BCUT2D eigenvalue weighted by atomic mass is 35.5. The van der Waals surface area contributed by atoms with Crippen LogP contribution >= 0.6 is 11.6 Å². The van der Waals surface area contributed by atoms with E-state index in [1.165, 1.54) is 0 Å². The maximum atomic E-state index is 12.5. The molecule has 4 rings (SSSR count). The maximum Gasteiger partial charge on any atom is 0.251 e. The van der Waals surface area contributed by atoms with Crippen LogP contribution in [0.1, 0.15) is 21.7 Å². The number of amides is 1. The van der Waals surface area contributed by atoms with Crippen molar-refractivity contribution in [2.24, 2.45) is 0 Å². The molecule has 0 spiro atoms. The minimum Gasteiger partial charge on any atom is -0.348 e. The van der Waals surface area contributed by atoms with Crippen molar-refractivity contribution in [1.29, 1.82) is 0 Å². The van der Waals surface area contributed by atoms with Gasteiger partial charge in [0.05, 0.1) is 11.0 Å². The molecule has 0 saturated carbocycles. The zero-order chi connectivity index (χ0) is 18.8. The summed E-state index contributed by atoms with van der Waals surface area (Å²) in [7, 11) is 0. The van der Waals surface area contributed by atoms with Crippen LogP contribution in [-0.4, -0.2) is 20.4 Å². The molecule has 4 aromatic rings. The lowest BCUT2D eigenvalue weighted by Gasteiger charge is -2.07. The van der Waals surface area contributed by atoms with Gasteiger partial charge in [0.25, 0.3) is 5.91 Å². The number of nitrogens with zero attached hydrogens (tertiary/aromatic N) is 3. The average Bonchev–Trinajstić information content (AvgIpc) is 3.02. The number of aromatic nitrogens is 3. The van der Waals surface area contributed by atoms with E-state index in [2.05, 4.69) is 19.9 Å². The smallest absolute Gasteiger partial charge is 0.251 e. The molecule has 0 unspecified atom stereocenters. The summed E-state index contributed by atoms with van der Waals surface area (Å²) in [6.45, 7) is 2.35. The fraction of sp³-hybridized carbons (Fsp3) is 0.0952. The molecule has 6 heteroatoms. The normalized spacial score (nSPS) is 10.9. The van der Waals surface area contributed by atoms with E-state index >= 15 is 0 Å². The van der Waals surface area contributed by atoms with Gasteiger partial charge in [-0.05, 0) is 48.9 Å². The first-order valence-corrected chi connectivity index (χ1v) is 8.93. The van der Waals surface area contributed by atoms with E-state index < -0.39 is 0 Å². The van der Waals surface area contributed by atoms with E-state index in [4.69, 9.17) is 11.6 Å². The second-order valence-corrected chi connectivity index (χ2v) is 6.59. The molecule has 134 valence electrons. The number of pyridine rings is 1. The molecule has 2 heterocycles.